The highest BCUT2D eigenvalue weighted by Gasteiger charge is 2.11. The van der Waals surface area contributed by atoms with Crippen LogP contribution in [-0.2, 0) is 6.54 Å². The lowest BCUT2D eigenvalue weighted by molar-refractivity contribution is 0.829. The molecule has 1 aromatic heterocycles. The Kier molecular flexibility index (Phi) is 2.29. The molecule has 62 valence electrons. The van der Waals surface area contributed by atoms with E-state index < -0.39 is 0 Å². The fraction of sp³-hybridized carbons (Fsp3) is 0.625. The van der Waals surface area contributed by atoms with E-state index in [1.54, 1.807) is 0 Å². The zero-order chi connectivity index (χ0) is 8.43. The molecule has 3 N–H and O–H groups in total. The molecule has 1 heterocycles. The summed E-state index contributed by atoms with van der Waals surface area (Å²) in [5.74, 6) is 0.507. The molecular weight excluding hydrogens is 138 g/mol. The zero-order valence-corrected chi connectivity index (χ0v) is 7.31. The average molecular weight is 153 g/mol. The number of H-pyrrole nitrogens is 1. The van der Waals surface area contributed by atoms with E-state index in [9.17, 15) is 0 Å². The summed E-state index contributed by atoms with van der Waals surface area (Å²) in [5, 5.41) is 7.04. The molecule has 0 aliphatic rings. The molecule has 3 heteroatoms. The molecule has 0 fully saturated rings. The van der Waals surface area contributed by atoms with Crippen molar-refractivity contribution in [2.24, 2.45) is 5.73 Å². The highest BCUT2D eigenvalue weighted by Crippen LogP contribution is 2.20. The van der Waals surface area contributed by atoms with Crippen molar-refractivity contribution in [3.8, 4) is 0 Å². The van der Waals surface area contributed by atoms with Gasteiger partial charge in [-0.25, -0.2) is 0 Å². The number of nitrogens with two attached hydrogens (primary N) is 1. The van der Waals surface area contributed by atoms with Crippen LogP contribution in [0.4, 0.5) is 0 Å². The molecule has 0 aromatic carbocycles. The number of aromatic amines is 1. The van der Waals surface area contributed by atoms with E-state index in [0.717, 1.165) is 11.4 Å². The van der Waals surface area contributed by atoms with Gasteiger partial charge in [0.25, 0.3) is 0 Å². The minimum absolute atomic E-state index is 0.507. The first-order valence-corrected chi connectivity index (χ1v) is 3.90. The second-order valence-corrected chi connectivity index (χ2v) is 3.07. The quantitative estimate of drug-likeness (QED) is 0.672. The number of aryl methyl sites for hydroxylation is 1. The Morgan fingerprint density at radius 1 is 1.55 bits per heavy atom. The Balaban J connectivity index is 3.07. The van der Waals surface area contributed by atoms with Crippen molar-refractivity contribution in [2.45, 2.75) is 33.2 Å². The van der Waals surface area contributed by atoms with Crippen molar-refractivity contribution in [1.82, 2.24) is 10.2 Å². The fourth-order valence-corrected chi connectivity index (χ4v) is 1.41. The third-order valence-corrected chi connectivity index (χ3v) is 1.84. The molecule has 0 saturated heterocycles. The summed E-state index contributed by atoms with van der Waals surface area (Å²) in [5.41, 5.74) is 8.93. The average Bonchev–Trinajstić information content (AvgIpc) is 2.30. The predicted molar refractivity (Wildman–Crippen MR) is 45.3 cm³/mol. The van der Waals surface area contributed by atoms with Gasteiger partial charge in [0.1, 0.15) is 0 Å². The zero-order valence-electron chi connectivity index (χ0n) is 7.31. The third kappa shape index (κ3) is 1.43. The molecule has 0 unspecified atom stereocenters. The van der Waals surface area contributed by atoms with Gasteiger partial charge in [0, 0.05) is 12.2 Å². The fourth-order valence-electron chi connectivity index (χ4n) is 1.41. The standard InChI is InChI=1S/C8H15N3/c1-5(2)8-6(3)10-11-7(8)4-9/h5H,4,9H2,1-3H3,(H,10,11). The smallest absolute Gasteiger partial charge is 0.0795 e. The van der Waals surface area contributed by atoms with Gasteiger partial charge < -0.3 is 5.73 Å². The highest BCUT2D eigenvalue weighted by molar-refractivity contribution is 5.27. The van der Waals surface area contributed by atoms with Gasteiger partial charge in [-0.2, -0.15) is 5.10 Å². The Labute approximate surface area is 67.0 Å². The number of aromatic nitrogens is 2. The Morgan fingerprint density at radius 3 is 2.55 bits per heavy atom. The lowest BCUT2D eigenvalue weighted by Gasteiger charge is -2.04. The second kappa shape index (κ2) is 3.05. The maximum Gasteiger partial charge on any atom is 0.0795 e. The molecule has 0 saturated carbocycles. The van der Waals surface area contributed by atoms with E-state index in [1.165, 1.54) is 5.56 Å². The van der Waals surface area contributed by atoms with Crippen molar-refractivity contribution in [3.63, 3.8) is 0 Å². The molecule has 0 amide bonds. The van der Waals surface area contributed by atoms with Crippen LogP contribution in [0.2, 0.25) is 0 Å². The van der Waals surface area contributed by atoms with E-state index in [2.05, 4.69) is 24.0 Å². The summed E-state index contributed by atoms with van der Waals surface area (Å²) in [7, 11) is 0. The number of nitrogens with one attached hydrogen (secondary N) is 1. The number of hydrogen-bond acceptors (Lipinski definition) is 2. The van der Waals surface area contributed by atoms with Crippen LogP contribution in [0, 0.1) is 6.92 Å². The molecular formula is C8H15N3. The summed E-state index contributed by atoms with van der Waals surface area (Å²) < 4.78 is 0. The Hall–Kier alpha value is -0.830. The monoisotopic (exact) mass is 153 g/mol. The molecule has 1 rings (SSSR count). The van der Waals surface area contributed by atoms with Crippen molar-refractivity contribution in [1.29, 1.82) is 0 Å². The van der Waals surface area contributed by atoms with Gasteiger partial charge in [-0.05, 0) is 18.4 Å². The minimum Gasteiger partial charge on any atom is -0.325 e. The summed E-state index contributed by atoms with van der Waals surface area (Å²) in [6, 6.07) is 0. The van der Waals surface area contributed by atoms with Gasteiger partial charge in [-0.15, -0.1) is 0 Å². The Morgan fingerprint density at radius 2 is 2.18 bits per heavy atom. The number of hydrogen-bond donors (Lipinski definition) is 2. The number of rotatable bonds is 2. The van der Waals surface area contributed by atoms with E-state index >= 15 is 0 Å². The maximum absolute atomic E-state index is 5.52. The van der Waals surface area contributed by atoms with Gasteiger partial charge in [0.15, 0.2) is 0 Å². The molecule has 0 spiro atoms. The molecule has 11 heavy (non-hydrogen) atoms. The van der Waals surface area contributed by atoms with Gasteiger partial charge in [0.05, 0.1) is 5.69 Å². The largest absolute Gasteiger partial charge is 0.325 e. The van der Waals surface area contributed by atoms with Gasteiger partial charge >= 0.3 is 0 Å². The first kappa shape index (κ1) is 8.27. The van der Waals surface area contributed by atoms with Crippen molar-refractivity contribution in [3.05, 3.63) is 17.0 Å². The molecule has 0 radical (unpaired) electrons. The second-order valence-electron chi connectivity index (χ2n) is 3.07. The van der Waals surface area contributed by atoms with Crippen LogP contribution in [0.15, 0.2) is 0 Å². The Bertz CT molecular complexity index is 237. The van der Waals surface area contributed by atoms with Crippen LogP contribution in [0.5, 0.6) is 0 Å². The summed E-state index contributed by atoms with van der Waals surface area (Å²) in [4.78, 5) is 0. The normalized spacial score (nSPS) is 11.0. The molecule has 3 nitrogen and oxygen atoms in total. The van der Waals surface area contributed by atoms with Crippen LogP contribution >= 0.6 is 0 Å². The first-order chi connectivity index (χ1) is 5.16. The first-order valence-electron chi connectivity index (χ1n) is 3.90. The van der Waals surface area contributed by atoms with Crippen molar-refractivity contribution in [2.75, 3.05) is 0 Å². The number of nitrogens with zero attached hydrogens (tertiary/aromatic N) is 1. The molecule has 0 bridgehead atoms. The highest BCUT2D eigenvalue weighted by atomic mass is 15.1. The van der Waals surface area contributed by atoms with Crippen molar-refractivity contribution >= 4 is 0 Å². The van der Waals surface area contributed by atoms with Gasteiger partial charge in [-0.1, -0.05) is 13.8 Å². The third-order valence-electron chi connectivity index (χ3n) is 1.84. The van der Waals surface area contributed by atoms with Crippen LogP contribution in [0.1, 0.15) is 36.7 Å². The summed E-state index contributed by atoms with van der Waals surface area (Å²) in [6.45, 7) is 6.85. The van der Waals surface area contributed by atoms with E-state index in [-0.39, 0.29) is 0 Å². The molecule has 0 aliphatic carbocycles. The predicted octanol–water partition coefficient (Wildman–Crippen LogP) is 1.30. The lowest BCUT2D eigenvalue weighted by atomic mass is 10.0. The van der Waals surface area contributed by atoms with E-state index in [1.807, 2.05) is 6.92 Å². The molecule has 0 atom stereocenters. The van der Waals surface area contributed by atoms with Crippen LogP contribution in [0.25, 0.3) is 0 Å². The van der Waals surface area contributed by atoms with Crippen LogP contribution < -0.4 is 5.73 Å². The van der Waals surface area contributed by atoms with Gasteiger partial charge in [0.2, 0.25) is 0 Å². The minimum atomic E-state index is 0.507. The topological polar surface area (TPSA) is 54.7 Å². The van der Waals surface area contributed by atoms with Crippen LogP contribution in [-0.4, -0.2) is 10.2 Å². The lowest BCUT2D eigenvalue weighted by Crippen LogP contribution is -2.02. The van der Waals surface area contributed by atoms with E-state index in [0.29, 0.717) is 12.5 Å². The summed E-state index contributed by atoms with van der Waals surface area (Å²) >= 11 is 0. The van der Waals surface area contributed by atoms with Gasteiger partial charge in [-0.3, -0.25) is 5.10 Å². The van der Waals surface area contributed by atoms with E-state index in [4.69, 9.17) is 5.73 Å². The maximum atomic E-state index is 5.52. The van der Waals surface area contributed by atoms with Crippen molar-refractivity contribution < 1.29 is 0 Å². The SMILES string of the molecule is Cc1[nH]nc(CN)c1C(C)C. The summed E-state index contributed by atoms with van der Waals surface area (Å²) in [6.07, 6.45) is 0. The van der Waals surface area contributed by atoms with Crippen LogP contribution in [0.3, 0.4) is 0 Å². The molecule has 0 aliphatic heterocycles. The molecule has 1 aromatic rings.